The van der Waals surface area contributed by atoms with Gasteiger partial charge in [-0.2, -0.15) is 9.40 Å². The molecule has 0 spiro atoms. The smallest absolute Gasteiger partial charge is 0.262 e. The Balaban J connectivity index is 2.23. The van der Waals surface area contributed by atoms with Crippen LogP contribution in [0.2, 0.25) is 0 Å². The van der Waals surface area contributed by atoms with Gasteiger partial charge in [0.15, 0.2) is 5.03 Å². The summed E-state index contributed by atoms with van der Waals surface area (Å²) in [5, 5.41) is 15.6. The Labute approximate surface area is 112 Å². The van der Waals surface area contributed by atoms with E-state index in [-0.39, 0.29) is 17.7 Å². The summed E-state index contributed by atoms with van der Waals surface area (Å²) in [5.41, 5.74) is 0.918. The number of piperidine rings is 1. The van der Waals surface area contributed by atoms with Crippen molar-refractivity contribution in [3.05, 3.63) is 11.3 Å². The molecule has 1 saturated heterocycles. The number of hydrogen-bond donors (Lipinski definition) is 2. The molecule has 0 atom stereocenters. The summed E-state index contributed by atoms with van der Waals surface area (Å²) < 4.78 is 31.6. The monoisotopic (exact) mass is 289 g/mol. The van der Waals surface area contributed by atoms with Gasteiger partial charge in [-0.3, -0.25) is 5.10 Å². The number of nitrogens with zero attached hydrogens (tertiary/aromatic N) is 2. The van der Waals surface area contributed by atoms with Crippen LogP contribution in [0.25, 0.3) is 0 Å². The van der Waals surface area contributed by atoms with E-state index in [4.69, 9.17) is 4.74 Å². The number of aliphatic hydroxyl groups is 1. The molecule has 0 aromatic carbocycles. The summed E-state index contributed by atoms with van der Waals surface area (Å²) in [4.78, 5) is 0. The van der Waals surface area contributed by atoms with Gasteiger partial charge in [-0.05, 0) is 19.8 Å². The first-order chi connectivity index (χ1) is 9.00. The molecule has 0 amide bonds. The quantitative estimate of drug-likeness (QED) is 0.814. The highest BCUT2D eigenvalue weighted by molar-refractivity contribution is 7.89. The minimum Gasteiger partial charge on any atom is -0.392 e. The number of rotatable bonds is 4. The molecule has 1 aliphatic heterocycles. The fraction of sp³-hybridized carbons (Fsp3) is 0.727. The first kappa shape index (κ1) is 14.4. The van der Waals surface area contributed by atoms with Crippen LogP contribution in [-0.2, 0) is 21.4 Å². The number of nitrogens with one attached hydrogen (secondary N) is 1. The van der Waals surface area contributed by atoms with Crippen molar-refractivity contribution in [3.63, 3.8) is 0 Å². The maximum Gasteiger partial charge on any atom is 0.262 e. The molecule has 0 bridgehead atoms. The Hall–Kier alpha value is -0.960. The first-order valence-corrected chi connectivity index (χ1v) is 7.62. The fourth-order valence-electron chi connectivity index (χ4n) is 2.26. The number of aliphatic hydroxyl groups excluding tert-OH is 1. The van der Waals surface area contributed by atoms with Crippen molar-refractivity contribution in [1.82, 2.24) is 14.5 Å². The van der Waals surface area contributed by atoms with Crippen molar-refractivity contribution in [2.75, 3.05) is 20.2 Å². The van der Waals surface area contributed by atoms with Crippen LogP contribution < -0.4 is 0 Å². The molecule has 1 aromatic heterocycles. The number of methoxy groups -OCH3 is 1. The van der Waals surface area contributed by atoms with Gasteiger partial charge in [0.05, 0.1) is 12.7 Å². The molecule has 2 heterocycles. The molecule has 1 aliphatic rings. The molecule has 108 valence electrons. The van der Waals surface area contributed by atoms with Crippen molar-refractivity contribution in [2.45, 2.75) is 37.5 Å². The van der Waals surface area contributed by atoms with E-state index in [1.54, 1.807) is 14.0 Å². The Morgan fingerprint density at radius 3 is 2.63 bits per heavy atom. The summed E-state index contributed by atoms with van der Waals surface area (Å²) in [6.07, 6.45) is 1.46. The van der Waals surface area contributed by atoms with Gasteiger partial charge in [0.25, 0.3) is 10.0 Å². The molecule has 1 fully saturated rings. The maximum atomic E-state index is 12.5. The number of aryl methyl sites for hydroxylation is 1. The van der Waals surface area contributed by atoms with Crippen molar-refractivity contribution in [2.24, 2.45) is 0 Å². The molecule has 2 N–H and O–H groups in total. The SMILES string of the molecule is COC1CCN(S(=O)(=O)c2n[nH]c(C)c2CO)CC1. The highest BCUT2D eigenvalue weighted by atomic mass is 32.2. The molecule has 1 aromatic rings. The topological polar surface area (TPSA) is 95.5 Å². The van der Waals surface area contributed by atoms with Gasteiger partial charge in [0.2, 0.25) is 0 Å². The lowest BCUT2D eigenvalue weighted by Crippen LogP contribution is -2.41. The van der Waals surface area contributed by atoms with Crippen molar-refractivity contribution in [1.29, 1.82) is 0 Å². The van der Waals surface area contributed by atoms with Crippen LogP contribution in [0.3, 0.4) is 0 Å². The Bertz CT molecular complexity index is 532. The third kappa shape index (κ3) is 2.66. The highest BCUT2D eigenvalue weighted by Crippen LogP contribution is 2.24. The third-order valence-corrected chi connectivity index (χ3v) is 5.38. The van der Waals surface area contributed by atoms with Crippen LogP contribution in [-0.4, -0.2) is 54.3 Å². The van der Waals surface area contributed by atoms with Gasteiger partial charge in [0, 0.05) is 31.5 Å². The fourth-order valence-corrected chi connectivity index (χ4v) is 3.89. The summed E-state index contributed by atoms with van der Waals surface area (Å²) in [5.74, 6) is 0. The minimum absolute atomic E-state index is 0.0663. The lowest BCUT2D eigenvalue weighted by atomic mass is 10.1. The standard InChI is InChI=1S/C11H19N3O4S/c1-8-10(7-15)11(13-12-8)19(16,17)14-5-3-9(18-2)4-6-14/h9,15H,3-7H2,1-2H3,(H,12,13). The number of ether oxygens (including phenoxy) is 1. The molecule has 8 heteroatoms. The van der Waals surface area contributed by atoms with Crippen LogP contribution in [0.5, 0.6) is 0 Å². The molecule has 0 radical (unpaired) electrons. The van der Waals surface area contributed by atoms with Gasteiger partial charge in [-0.15, -0.1) is 0 Å². The third-order valence-electron chi connectivity index (χ3n) is 3.51. The zero-order chi connectivity index (χ0) is 14.0. The number of aromatic nitrogens is 2. The molecule has 0 aliphatic carbocycles. The molecule has 0 unspecified atom stereocenters. The van der Waals surface area contributed by atoms with E-state index in [9.17, 15) is 13.5 Å². The van der Waals surface area contributed by atoms with Crippen molar-refractivity contribution in [3.8, 4) is 0 Å². The molecule has 7 nitrogen and oxygen atoms in total. The van der Waals surface area contributed by atoms with E-state index in [0.717, 1.165) is 0 Å². The molecule has 0 saturated carbocycles. The summed E-state index contributed by atoms with van der Waals surface area (Å²) >= 11 is 0. The highest BCUT2D eigenvalue weighted by Gasteiger charge is 2.33. The van der Waals surface area contributed by atoms with Crippen LogP contribution in [0.15, 0.2) is 5.03 Å². The number of sulfonamides is 1. The summed E-state index contributed by atoms with van der Waals surface area (Å²) in [7, 11) is -2.01. The zero-order valence-electron chi connectivity index (χ0n) is 11.1. The van der Waals surface area contributed by atoms with Crippen LogP contribution in [0, 0.1) is 6.92 Å². The first-order valence-electron chi connectivity index (χ1n) is 6.18. The predicted molar refractivity (Wildman–Crippen MR) is 68.0 cm³/mol. The zero-order valence-corrected chi connectivity index (χ0v) is 11.9. The van der Waals surface area contributed by atoms with E-state index >= 15 is 0 Å². The molecular formula is C11H19N3O4S. The number of aromatic amines is 1. The van der Waals surface area contributed by atoms with Gasteiger partial charge in [-0.1, -0.05) is 0 Å². The largest absolute Gasteiger partial charge is 0.392 e. The number of H-pyrrole nitrogens is 1. The summed E-state index contributed by atoms with van der Waals surface area (Å²) in [6, 6.07) is 0. The van der Waals surface area contributed by atoms with Crippen LogP contribution >= 0.6 is 0 Å². The molecule has 2 rings (SSSR count). The Morgan fingerprint density at radius 1 is 1.47 bits per heavy atom. The lowest BCUT2D eigenvalue weighted by molar-refractivity contribution is 0.0603. The second kappa shape index (κ2) is 5.58. The van der Waals surface area contributed by atoms with Gasteiger partial charge < -0.3 is 9.84 Å². The molecule has 19 heavy (non-hydrogen) atoms. The average molecular weight is 289 g/mol. The van der Waals surface area contributed by atoms with E-state index in [1.807, 2.05) is 0 Å². The average Bonchev–Trinajstić information content (AvgIpc) is 2.80. The van der Waals surface area contributed by atoms with Crippen LogP contribution in [0.4, 0.5) is 0 Å². The molecular weight excluding hydrogens is 270 g/mol. The predicted octanol–water partition coefficient (Wildman–Crippen LogP) is 0.00992. The van der Waals surface area contributed by atoms with E-state index in [2.05, 4.69) is 10.2 Å². The minimum atomic E-state index is -3.64. The van der Waals surface area contributed by atoms with Gasteiger partial charge in [-0.25, -0.2) is 8.42 Å². The summed E-state index contributed by atoms with van der Waals surface area (Å²) in [6.45, 7) is 2.18. The van der Waals surface area contributed by atoms with E-state index in [1.165, 1.54) is 4.31 Å². The van der Waals surface area contributed by atoms with Gasteiger partial charge >= 0.3 is 0 Å². The lowest BCUT2D eigenvalue weighted by Gasteiger charge is -2.29. The van der Waals surface area contributed by atoms with E-state index < -0.39 is 10.0 Å². The van der Waals surface area contributed by atoms with E-state index in [0.29, 0.717) is 37.2 Å². The van der Waals surface area contributed by atoms with Crippen molar-refractivity contribution < 1.29 is 18.3 Å². The number of hydrogen-bond acceptors (Lipinski definition) is 5. The normalized spacial score (nSPS) is 18.9. The second-order valence-electron chi connectivity index (χ2n) is 4.63. The van der Waals surface area contributed by atoms with Gasteiger partial charge in [0.1, 0.15) is 0 Å². The Kier molecular flexibility index (Phi) is 4.24. The second-order valence-corrected chi connectivity index (χ2v) is 6.48. The van der Waals surface area contributed by atoms with Crippen molar-refractivity contribution >= 4 is 10.0 Å². The van der Waals surface area contributed by atoms with Crippen LogP contribution in [0.1, 0.15) is 24.1 Å². The Morgan fingerprint density at radius 2 is 2.11 bits per heavy atom. The maximum absolute atomic E-state index is 12.5.